The number of benzene rings is 1. The van der Waals surface area contributed by atoms with Gasteiger partial charge >= 0.3 is 12.0 Å². The number of aryl methyl sites for hydroxylation is 1. The molecule has 3 amide bonds. The summed E-state index contributed by atoms with van der Waals surface area (Å²) >= 11 is 1.48. The largest absolute Gasteiger partial charge is 0.447 e. The lowest BCUT2D eigenvalue weighted by atomic mass is 10.1. The van der Waals surface area contributed by atoms with Crippen LogP contribution in [-0.2, 0) is 20.7 Å². The summed E-state index contributed by atoms with van der Waals surface area (Å²) in [5.74, 6) is -0.643. The summed E-state index contributed by atoms with van der Waals surface area (Å²) in [4.78, 5) is 41.2. The van der Waals surface area contributed by atoms with Gasteiger partial charge in [-0.1, -0.05) is 41.6 Å². The average molecular weight is 414 g/mol. The van der Waals surface area contributed by atoms with Crippen molar-refractivity contribution in [2.24, 2.45) is 0 Å². The van der Waals surface area contributed by atoms with Crippen molar-refractivity contribution in [1.82, 2.24) is 20.8 Å². The molecular weight excluding hydrogens is 396 g/mol. The minimum Gasteiger partial charge on any atom is -0.447 e. The number of aromatic nitrogens is 2. The van der Waals surface area contributed by atoms with Crippen molar-refractivity contribution >= 4 is 29.2 Å². The van der Waals surface area contributed by atoms with Crippen LogP contribution in [0.4, 0.5) is 4.79 Å². The van der Waals surface area contributed by atoms with Gasteiger partial charge in [-0.05, 0) is 11.4 Å². The Morgan fingerprint density at radius 3 is 2.66 bits per heavy atom. The number of amides is 3. The number of hydrogen-bond acceptors (Lipinski definition) is 8. The third-order valence-corrected chi connectivity index (χ3v) is 4.67. The topological polar surface area (TPSA) is 123 Å². The summed E-state index contributed by atoms with van der Waals surface area (Å²) in [6, 6.07) is 11.5. The lowest BCUT2D eigenvalue weighted by molar-refractivity contribution is -0.156. The predicted octanol–water partition coefficient (Wildman–Crippen LogP) is 2.47. The Kier molecular flexibility index (Phi) is 6.69. The fraction of sp³-hybridized carbons (Fsp3) is 0.211. The van der Waals surface area contributed by atoms with Gasteiger partial charge in [0, 0.05) is 19.0 Å². The zero-order valence-electron chi connectivity index (χ0n) is 15.5. The van der Waals surface area contributed by atoms with E-state index in [2.05, 4.69) is 20.8 Å². The molecule has 10 heteroatoms. The molecule has 29 heavy (non-hydrogen) atoms. The molecule has 0 radical (unpaired) electrons. The predicted molar refractivity (Wildman–Crippen MR) is 104 cm³/mol. The van der Waals surface area contributed by atoms with Gasteiger partial charge in [0.05, 0.1) is 11.3 Å². The van der Waals surface area contributed by atoms with Crippen LogP contribution in [0.2, 0.25) is 0 Å². The Labute approximate surface area is 170 Å². The van der Waals surface area contributed by atoms with Crippen LogP contribution in [0.25, 0.3) is 10.7 Å². The Balaban J connectivity index is 1.62. The molecule has 3 aromatic rings. The second kappa shape index (κ2) is 9.60. The highest BCUT2D eigenvalue weighted by atomic mass is 32.1. The maximum atomic E-state index is 12.4. The molecular formula is C19H18N4O5S. The molecule has 9 nitrogen and oxygen atoms in total. The van der Waals surface area contributed by atoms with Crippen LogP contribution in [-0.4, -0.2) is 35.1 Å². The van der Waals surface area contributed by atoms with E-state index in [1.54, 1.807) is 30.3 Å². The minimum absolute atomic E-state index is 0.0668. The smallest absolute Gasteiger partial charge is 0.321 e. The molecule has 0 fully saturated rings. The van der Waals surface area contributed by atoms with Crippen molar-refractivity contribution in [2.75, 3.05) is 7.05 Å². The van der Waals surface area contributed by atoms with Crippen molar-refractivity contribution in [3.63, 3.8) is 0 Å². The Bertz CT molecular complexity index is 972. The van der Waals surface area contributed by atoms with Gasteiger partial charge in [0.15, 0.2) is 0 Å². The first-order valence-corrected chi connectivity index (χ1v) is 9.58. The van der Waals surface area contributed by atoms with E-state index >= 15 is 0 Å². The summed E-state index contributed by atoms with van der Waals surface area (Å²) in [5.41, 5.74) is 0.444. The first-order chi connectivity index (χ1) is 14.1. The van der Waals surface area contributed by atoms with Gasteiger partial charge in [-0.15, -0.1) is 11.3 Å². The molecule has 3 rings (SSSR count). The quantitative estimate of drug-likeness (QED) is 0.569. The normalized spacial score (nSPS) is 11.5. The van der Waals surface area contributed by atoms with Gasteiger partial charge in [-0.3, -0.25) is 14.9 Å². The number of nitrogens with zero attached hydrogens (tertiary/aromatic N) is 2. The van der Waals surface area contributed by atoms with Crippen LogP contribution in [0.3, 0.4) is 0 Å². The molecule has 150 valence electrons. The van der Waals surface area contributed by atoms with Gasteiger partial charge in [-0.25, -0.2) is 4.79 Å². The highest BCUT2D eigenvalue weighted by Gasteiger charge is 2.26. The molecule has 1 atom stereocenters. The van der Waals surface area contributed by atoms with Gasteiger partial charge < -0.3 is 14.6 Å². The number of rotatable bonds is 7. The number of carbonyl (C=O) groups is 3. The third-order valence-electron chi connectivity index (χ3n) is 3.81. The van der Waals surface area contributed by atoms with E-state index < -0.39 is 24.0 Å². The number of hydrogen-bond donors (Lipinski definition) is 2. The molecule has 0 bridgehead atoms. The number of urea groups is 1. The fourth-order valence-electron chi connectivity index (χ4n) is 2.40. The van der Waals surface area contributed by atoms with Gasteiger partial charge in [-0.2, -0.15) is 4.98 Å². The van der Waals surface area contributed by atoms with Crippen molar-refractivity contribution < 1.29 is 23.6 Å². The van der Waals surface area contributed by atoms with Crippen molar-refractivity contribution in [3.05, 3.63) is 59.3 Å². The number of thiophene rings is 1. The third kappa shape index (κ3) is 5.48. The highest BCUT2D eigenvalue weighted by molar-refractivity contribution is 7.13. The van der Waals surface area contributed by atoms with Crippen LogP contribution in [0.5, 0.6) is 0 Å². The van der Waals surface area contributed by atoms with Gasteiger partial charge in [0.2, 0.25) is 17.8 Å². The molecule has 0 saturated heterocycles. The number of esters is 1. The van der Waals surface area contributed by atoms with Crippen LogP contribution in [0.15, 0.2) is 52.4 Å². The number of imide groups is 1. The molecule has 0 aliphatic heterocycles. The Morgan fingerprint density at radius 2 is 1.97 bits per heavy atom. The first kappa shape index (κ1) is 20.2. The van der Waals surface area contributed by atoms with E-state index in [-0.39, 0.29) is 18.7 Å². The van der Waals surface area contributed by atoms with E-state index in [1.807, 2.05) is 17.5 Å². The second-order valence-electron chi connectivity index (χ2n) is 5.84. The highest BCUT2D eigenvalue weighted by Crippen LogP contribution is 2.22. The molecule has 0 spiro atoms. The van der Waals surface area contributed by atoms with E-state index in [0.29, 0.717) is 11.4 Å². The second-order valence-corrected chi connectivity index (χ2v) is 6.79. The van der Waals surface area contributed by atoms with E-state index in [0.717, 1.165) is 4.88 Å². The summed E-state index contributed by atoms with van der Waals surface area (Å²) in [5, 5.41) is 10.2. The fourth-order valence-corrected chi connectivity index (χ4v) is 3.05. The zero-order valence-corrected chi connectivity index (χ0v) is 16.3. The van der Waals surface area contributed by atoms with Crippen molar-refractivity contribution in [2.45, 2.75) is 18.9 Å². The Morgan fingerprint density at radius 1 is 1.17 bits per heavy atom. The zero-order chi connectivity index (χ0) is 20.6. The van der Waals surface area contributed by atoms with E-state index in [9.17, 15) is 14.4 Å². The maximum absolute atomic E-state index is 12.4. The number of carbonyl (C=O) groups excluding carboxylic acids is 3. The summed E-state index contributed by atoms with van der Waals surface area (Å²) in [6.07, 6.45) is -1.16. The minimum atomic E-state index is -1.26. The van der Waals surface area contributed by atoms with Crippen LogP contribution in [0, 0.1) is 0 Å². The average Bonchev–Trinajstić information content (AvgIpc) is 3.42. The SMILES string of the molecule is CNC(=O)NC(=O)[C@H](OC(=O)CCc1nc(-c2cccs2)no1)c1ccccc1. The molecule has 0 saturated carbocycles. The monoisotopic (exact) mass is 414 g/mol. The summed E-state index contributed by atoms with van der Waals surface area (Å²) in [6.45, 7) is 0. The molecule has 0 unspecified atom stereocenters. The van der Waals surface area contributed by atoms with Gasteiger partial charge in [0.25, 0.3) is 5.91 Å². The van der Waals surface area contributed by atoms with Gasteiger partial charge in [0.1, 0.15) is 0 Å². The standard InChI is InChI=1S/C19H18N4O5S/c1-20-19(26)22-18(25)16(12-6-3-2-4-7-12)27-15(24)10-9-14-21-17(23-28-14)13-8-5-11-29-13/h2-8,11,16H,9-10H2,1H3,(H2,20,22,25,26)/t16-/m1/s1. The summed E-state index contributed by atoms with van der Waals surface area (Å²) < 4.78 is 10.5. The van der Waals surface area contributed by atoms with Crippen LogP contribution < -0.4 is 10.6 Å². The maximum Gasteiger partial charge on any atom is 0.321 e. The van der Waals surface area contributed by atoms with Crippen molar-refractivity contribution in [1.29, 1.82) is 0 Å². The summed E-state index contributed by atoms with van der Waals surface area (Å²) in [7, 11) is 1.38. The number of nitrogens with one attached hydrogen (secondary N) is 2. The van der Waals surface area contributed by atoms with Crippen LogP contribution >= 0.6 is 11.3 Å². The lowest BCUT2D eigenvalue weighted by Gasteiger charge is -2.17. The molecule has 2 aromatic heterocycles. The van der Waals surface area contributed by atoms with E-state index in [4.69, 9.17) is 9.26 Å². The molecule has 1 aromatic carbocycles. The number of ether oxygens (including phenoxy) is 1. The van der Waals surface area contributed by atoms with E-state index in [1.165, 1.54) is 18.4 Å². The molecule has 0 aliphatic carbocycles. The Hall–Kier alpha value is -3.53. The van der Waals surface area contributed by atoms with Crippen molar-refractivity contribution in [3.8, 4) is 10.7 Å². The molecule has 0 aliphatic rings. The molecule has 2 heterocycles. The first-order valence-electron chi connectivity index (χ1n) is 8.70. The lowest BCUT2D eigenvalue weighted by Crippen LogP contribution is -2.41. The molecule has 2 N–H and O–H groups in total. The van der Waals surface area contributed by atoms with Crippen LogP contribution in [0.1, 0.15) is 24.0 Å².